The van der Waals surface area contributed by atoms with Crippen molar-refractivity contribution in [3.8, 4) is 0 Å². The Morgan fingerprint density at radius 1 is 1.11 bits per heavy atom. The Balaban J connectivity index is 1.47. The second kappa shape index (κ2) is 8.60. The number of anilines is 1. The Labute approximate surface area is 162 Å². The van der Waals surface area contributed by atoms with E-state index < -0.39 is 11.7 Å². The normalized spacial score (nSPS) is 16.6. The van der Waals surface area contributed by atoms with Crippen LogP contribution in [-0.2, 0) is 11.0 Å². The van der Waals surface area contributed by atoms with Crippen molar-refractivity contribution in [3.63, 3.8) is 0 Å². The van der Waals surface area contributed by atoms with Gasteiger partial charge in [0.05, 0.1) is 18.2 Å². The van der Waals surface area contributed by atoms with Crippen LogP contribution in [0.3, 0.4) is 0 Å². The number of rotatable bonds is 5. The quantitative estimate of drug-likeness (QED) is 0.850. The maximum absolute atomic E-state index is 12.6. The van der Waals surface area contributed by atoms with Gasteiger partial charge in [0.15, 0.2) is 0 Å². The summed E-state index contributed by atoms with van der Waals surface area (Å²) in [5.41, 5.74) is 0.299. The molecule has 1 N–H and O–H groups in total. The highest BCUT2D eigenvalue weighted by molar-refractivity contribution is 5.78. The first-order valence-corrected chi connectivity index (χ1v) is 9.18. The van der Waals surface area contributed by atoms with Crippen LogP contribution in [0, 0.1) is 0 Å². The Hall–Kier alpha value is -2.61. The van der Waals surface area contributed by atoms with Gasteiger partial charge in [-0.1, -0.05) is 30.3 Å². The molecule has 2 heterocycles. The third-order valence-electron chi connectivity index (χ3n) is 4.82. The zero-order valence-electron chi connectivity index (χ0n) is 15.6. The van der Waals surface area contributed by atoms with E-state index in [2.05, 4.69) is 10.3 Å². The molecule has 1 aromatic carbocycles. The van der Waals surface area contributed by atoms with Crippen molar-refractivity contribution in [2.75, 3.05) is 37.6 Å². The van der Waals surface area contributed by atoms with Crippen LogP contribution in [-0.4, -0.2) is 48.5 Å². The molecule has 28 heavy (non-hydrogen) atoms. The molecule has 1 amide bonds. The second-order valence-electron chi connectivity index (χ2n) is 6.87. The molecule has 5 nitrogen and oxygen atoms in total. The van der Waals surface area contributed by atoms with Crippen molar-refractivity contribution in [2.45, 2.75) is 19.1 Å². The van der Waals surface area contributed by atoms with Gasteiger partial charge in [-0.3, -0.25) is 9.69 Å². The first-order chi connectivity index (χ1) is 13.3. The number of benzene rings is 1. The molecule has 0 saturated carbocycles. The van der Waals surface area contributed by atoms with Crippen molar-refractivity contribution in [1.82, 2.24) is 15.2 Å². The molecule has 1 fully saturated rings. The second-order valence-corrected chi connectivity index (χ2v) is 6.87. The Morgan fingerprint density at radius 3 is 2.36 bits per heavy atom. The molecule has 3 rings (SSSR count). The van der Waals surface area contributed by atoms with Crippen molar-refractivity contribution >= 4 is 11.7 Å². The molecule has 1 aliphatic heterocycles. The molecular weight excluding hydrogens is 369 g/mol. The number of aromatic nitrogens is 1. The number of nitrogens with one attached hydrogen (secondary N) is 1. The predicted octanol–water partition coefficient (Wildman–Crippen LogP) is 3.10. The molecule has 1 atom stereocenters. The lowest BCUT2D eigenvalue weighted by Crippen LogP contribution is -2.49. The summed E-state index contributed by atoms with van der Waals surface area (Å²) >= 11 is 0. The third-order valence-corrected chi connectivity index (χ3v) is 4.82. The molecule has 2 aromatic rings. The fourth-order valence-electron chi connectivity index (χ4n) is 3.19. The average Bonchev–Trinajstić information content (AvgIpc) is 2.68. The smallest absolute Gasteiger partial charge is 0.354 e. The minimum absolute atomic E-state index is 0.0440. The van der Waals surface area contributed by atoms with E-state index in [-0.39, 0.29) is 11.9 Å². The van der Waals surface area contributed by atoms with Gasteiger partial charge in [0, 0.05) is 32.4 Å². The minimum Gasteiger partial charge on any atom is -0.354 e. The fraction of sp³-hybridized carbons (Fsp3) is 0.400. The molecule has 0 bridgehead atoms. The highest BCUT2D eigenvalue weighted by Crippen LogP contribution is 2.29. The molecule has 0 radical (unpaired) electrons. The number of piperazine rings is 1. The number of hydrogen-bond acceptors (Lipinski definition) is 4. The maximum atomic E-state index is 12.6. The van der Waals surface area contributed by atoms with Gasteiger partial charge >= 0.3 is 6.18 Å². The third kappa shape index (κ3) is 5.22. The first-order valence-electron chi connectivity index (χ1n) is 9.18. The van der Waals surface area contributed by atoms with Gasteiger partial charge in [-0.15, -0.1) is 0 Å². The van der Waals surface area contributed by atoms with E-state index in [0.29, 0.717) is 38.5 Å². The van der Waals surface area contributed by atoms with E-state index in [1.54, 1.807) is 0 Å². The number of hydrogen-bond donors (Lipinski definition) is 1. The zero-order chi connectivity index (χ0) is 20.1. The molecule has 0 aliphatic carbocycles. The van der Waals surface area contributed by atoms with Crippen LogP contribution in [0.2, 0.25) is 0 Å². The van der Waals surface area contributed by atoms with Gasteiger partial charge in [0.25, 0.3) is 0 Å². The summed E-state index contributed by atoms with van der Waals surface area (Å²) < 4.78 is 37.9. The van der Waals surface area contributed by atoms with Gasteiger partial charge in [-0.25, -0.2) is 4.98 Å². The number of carbonyl (C=O) groups is 1. The van der Waals surface area contributed by atoms with Crippen molar-refractivity contribution in [2.24, 2.45) is 0 Å². The molecule has 1 saturated heterocycles. The number of nitrogens with zero attached hydrogens (tertiary/aromatic N) is 3. The van der Waals surface area contributed by atoms with E-state index in [1.165, 1.54) is 6.07 Å². The molecule has 1 aromatic heterocycles. The predicted molar refractivity (Wildman–Crippen MR) is 101 cm³/mol. The van der Waals surface area contributed by atoms with Crippen molar-refractivity contribution in [1.29, 1.82) is 0 Å². The minimum atomic E-state index is -4.38. The topological polar surface area (TPSA) is 48.5 Å². The number of amides is 1. The summed E-state index contributed by atoms with van der Waals surface area (Å²) in [4.78, 5) is 20.2. The Bertz CT molecular complexity index is 772. The number of pyridine rings is 1. The highest BCUT2D eigenvalue weighted by atomic mass is 19.4. The van der Waals surface area contributed by atoms with Crippen LogP contribution >= 0.6 is 0 Å². The number of carbonyl (C=O) groups excluding carboxylic acids is 1. The average molecular weight is 392 g/mol. The first kappa shape index (κ1) is 20.1. The largest absolute Gasteiger partial charge is 0.417 e. The van der Waals surface area contributed by atoms with E-state index >= 15 is 0 Å². The standard InChI is InChI=1S/C20H23F3N4O/c1-15(16-5-3-2-4-6-16)25-19(28)14-26-9-11-27(12-10-26)18-8-7-17(13-24-18)20(21,22)23/h2-8,13,15H,9-12,14H2,1H3,(H,25,28)/t15-/m0/s1. The molecule has 8 heteroatoms. The summed E-state index contributed by atoms with van der Waals surface area (Å²) in [6.45, 7) is 4.76. The van der Waals surface area contributed by atoms with Gasteiger partial charge in [0.2, 0.25) is 5.91 Å². The zero-order valence-corrected chi connectivity index (χ0v) is 15.6. The lowest BCUT2D eigenvalue weighted by molar-refractivity contribution is -0.137. The van der Waals surface area contributed by atoms with E-state index in [0.717, 1.165) is 17.8 Å². The molecule has 150 valence electrons. The van der Waals surface area contributed by atoms with Crippen LogP contribution < -0.4 is 10.2 Å². The van der Waals surface area contributed by atoms with E-state index in [4.69, 9.17) is 0 Å². The molecule has 1 aliphatic rings. The van der Waals surface area contributed by atoms with Crippen LogP contribution in [0.5, 0.6) is 0 Å². The lowest BCUT2D eigenvalue weighted by Gasteiger charge is -2.35. The summed E-state index contributed by atoms with van der Waals surface area (Å²) in [6.07, 6.45) is -3.52. The van der Waals surface area contributed by atoms with Gasteiger partial charge in [0.1, 0.15) is 5.82 Å². The highest BCUT2D eigenvalue weighted by Gasteiger charge is 2.31. The summed E-state index contributed by atoms with van der Waals surface area (Å²) in [5.74, 6) is 0.479. The van der Waals surface area contributed by atoms with E-state index in [1.807, 2.05) is 47.1 Å². The Morgan fingerprint density at radius 2 is 1.79 bits per heavy atom. The summed E-state index contributed by atoms with van der Waals surface area (Å²) in [5, 5.41) is 2.99. The van der Waals surface area contributed by atoms with Crippen molar-refractivity contribution in [3.05, 3.63) is 59.8 Å². The van der Waals surface area contributed by atoms with Crippen LogP contribution in [0.15, 0.2) is 48.7 Å². The SMILES string of the molecule is C[C@H](NC(=O)CN1CCN(c2ccc(C(F)(F)F)cn2)CC1)c1ccccc1. The van der Waals surface area contributed by atoms with Crippen molar-refractivity contribution < 1.29 is 18.0 Å². The molecule has 0 unspecified atom stereocenters. The van der Waals surface area contributed by atoms with Gasteiger partial charge < -0.3 is 10.2 Å². The fourth-order valence-corrected chi connectivity index (χ4v) is 3.19. The monoisotopic (exact) mass is 392 g/mol. The van der Waals surface area contributed by atoms with E-state index in [9.17, 15) is 18.0 Å². The van der Waals surface area contributed by atoms with Gasteiger partial charge in [-0.2, -0.15) is 13.2 Å². The number of halogens is 3. The molecular formula is C20H23F3N4O. The van der Waals surface area contributed by atoms with Crippen LogP contribution in [0.4, 0.5) is 19.0 Å². The number of alkyl halides is 3. The summed E-state index contributed by atoms with van der Waals surface area (Å²) in [7, 11) is 0. The maximum Gasteiger partial charge on any atom is 0.417 e. The Kier molecular flexibility index (Phi) is 6.18. The van der Waals surface area contributed by atoms with Gasteiger partial charge in [-0.05, 0) is 24.6 Å². The summed E-state index contributed by atoms with van der Waals surface area (Å²) in [6, 6.07) is 12.1. The lowest BCUT2D eigenvalue weighted by atomic mass is 10.1. The van der Waals surface area contributed by atoms with Crippen LogP contribution in [0.1, 0.15) is 24.1 Å². The van der Waals surface area contributed by atoms with Crippen LogP contribution in [0.25, 0.3) is 0 Å². The molecule has 0 spiro atoms.